The van der Waals surface area contributed by atoms with E-state index < -0.39 is 0 Å². The molecule has 0 unspecified atom stereocenters. The molecule has 3 nitrogen and oxygen atoms in total. The Hall–Kier alpha value is -2.13. The van der Waals surface area contributed by atoms with E-state index in [0.29, 0.717) is 0 Å². The molecule has 0 atom stereocenters. The van der Waals surface area contributed by atoms with Gasteiger partial charge in [0.2, 0.25) is 0 Å². The zero-order valence-corrected chi connectivity index (χ0v) is 12.9. The SMILES string of the molecule is Cc1ccc2[nH]c(CN(C)Cc3cccnc3)cc2c1C. The molecule has 1 aromatic carbocycles. The molecule has 0 spiro atoms. The molecule has 0 bridgehead atoms. The van der Waals surface area contributed by atoms with E-state index in [-0.39, 0.29) is 0 Å². The predicted octanol–water partition coefficient (Wildman–Crippen LogP) is 3.81. The smallest absolute Gasteiger partial charge is 0.0459 e. The fraction of sp³-hybridized carbons (Fsp3) is 0.278. The van der Waals surface area contributed by atoms with Crippen LogP contribution in [0.15, 0.2) is 42.7 Å². The number of hydrogen-bond acceptors (Lipinski definition) is 2. The quantitative estimate of drug-likeness (QED) is 0.787. The maximum Gasteiger partial charge on any atom is 0.0459 e. The molecule has 3 heteroatoms. The van der Waals surface area contributed by atoms with Crippen molar-refractivity contribution in [2.45, 2.75) is 26.9 Å². The molecule has 2 aromatic heterocycles. The van der Waals surface area contributed by atoms with Crippen LogP contribution in [0.4, 0.5) is 0 Å². The highest BCUT2D eigenvalue weighted by Gasteiger charge is 2.07. The molecule has 108 valence electrons. The summed E-state index contributed by atoms with van der Waals surface area (Å²) in [6.07, 6.45) is 3.74. The third-order valence-corrected chi connectivity index (χ3v) is 4.02. The molecule has 0 amide bonds. The molecule has 0 fully saturated rings. The molecule has 21 heavy (non-hydrogen) atoms. The van der Waals surface area contributed by atoms with Crippen molar-refractivity contribution >= 4 is 10.9 Å². The minimum absolute atomic E-state index is 0.904. The van der Waals surface area contributed by atoms with Crippen molar-refractivity contribution in [2.24, 2.45) is 0 Å². The lowest BCUT2D eigenvalue weighted by atomic mass is 10.1. The first-order chi connectivity index (χ1) is 10.1. The Morgan fingerprint density at radius 3 is 2.76 bits per heavy atom. The number of hydrogen-bond donors (Lipinski definition) is 1. The zero-order chi connectivity index (χ0) is 14.8. The van der Waals surface area contributed by atoms with Gasteiger partial charge in [0.15, 0.2) is 0 Å². The first-order valence-electron chi connectivity index (χ1n) is 7.29. The summed E-state index contributed by atoms with van der Waals surface area (Å²) in [5, 5.41) is 1.33. The largest absolute Gasteiger partial charge is 0.357 e. The van der Waals surface area contributed by atoms with Gasteiger partial charge >= 0.3 is 0 Å². The van der Waals surface area contributed by atoms with Crippen LogP contribution < -0.4 is 0 Å². The minimum Gasteiger partial charge on any atom is -0.357 e. The van der Waals surface area contributed by atoms with E-state index in [2.05, 4.69) is 60.0 Å². The Morgan fingerprint density at radius 1 is 1.14 bits per heavy atom. The third kappa shape index (κ3) is 2.98. The van der Waals surface area contributed by atoms with E-state index >= 15 is 0 Å². The summed E-state index contributed by atoms with van der Waals surface area (Å²) >= 11 is 0. The first-order valence-corrected chi connectivity index (χ1v) is 7.29. The third-order valence-electron chi connectivity index (χ3n) is 4.02. The number of H-pyrrole nitrogens is 1. The monoisotopic (exact) mass is 279 g/mol. The minimum atomic E-state index is 0.904. The van der Waals surface area contributed by atoms with E-state index in [1.165, 1.54) is 33.3 Å². The Morgan fingerprint density at radius 2 is 2.00 bits per heavy atom. The van der Waals surface area contributed by atoms with Gasteiger partial charge in [-0.15, -0.1) is 0 Å². The number of nitrogens with one attached hydrogen (secondary N) is 1. The number of aromatic nitrogens is 2. The number of benzene rings is 1. The molecular weight excluding hydrogens is 258 g/mol. The zero-order valence-electron chi connectivity index (χ0n) is 12.9. The molecule has 3 rings (SSSR count). The highest BCUT2D eigenvalue weighted by Crippen LogP contribution is 2.23. The highest BCUT2D eigenvalue weighted by molar-refractivity contribution is 5.84. The average molecular weight is 279 g/mol. The van der Waals surface area contributed by atoms with Gasteiger partial charge in [0.05, 0.1) is 0 Å². The van der Waals surface area contributed by atoms with Gasteiger partial charge in [-0.3, -0.25) is 9.88 Å². The van der Waals surface area contributed by atoms with Gasteiger partial charge in [-0.25, -0.2) is 0 Å². The molecule has 2 heterocycles. The summed E-state index contributed by atoms with van der Waals surface area (Å²) in [5.41, 5.74) is 6.43. The van der Waals surface area contributed by atoms with Gasteiger partial charge in [-0.2, -0.15) is 0 Å². The molecule has 1 N–H and O–H groups in total. The maximum atomic E-state index is 4.17. The van der Waals surface area contributed by atoms with E-state index in [1.807, 2.05) is 18.5 Å². The summed E-state index contributed by atoms with van der Waals surface area (Å²) in [5.74, 6) is 0. The van der Waals surface area contributed by atoms with E-state index in [0.717, 1.165) is 13.1 Å². The van der Waals surface area contributed by atoms with Crippen LogP contribution in [0.5, 0.6) is 0 Å². The van der Waals surface area contributed by atoms with Gasteiger partial charge in [0.25, 0.3) is 0 Å². The summed E-state index contributed by atoms with van der Waals surface area (Å²) in [4.78, 5) is 9.98. The molecule has 0 radical (unpaired) electrons. The van der Waals surface area contributed by atoms with Crippen LogP contribution in [0.3, 0.4) is 0 Å². The summed E-state index contributed by atoms with van der Waals surface area (Å²) in [6, 6.07) is 10.7. The molecule has 0 saturated carbocycles. The van der Waals surface area contributed by atoms with Gasteiger partial charge in [0.1, 0.15) is 0 Å². The second-order valence-electron chi connectivity index (χ2n) is 5.80. The molecule has 0 aliphatic heterocycles. The van der Waals surface area contributed by atoms with Gasteiger partial charge < -0.3 is 4.98 Å². The van der Waals surface area contributed by atoms with Crippen molar-refractivity contribution in [1.82, 2.24) is 14.9 Å². The maximum absolute atomic E-state index is 4.17. The number of aryl methyl sites for hydroxylation is 2. The number of nitrogens with zero attached hydrogens (tertiary/aromatic N) is 2. The van der Waals surface area contributed by atoms with Crippen LogP contribution in [0.25, 0.3) is 10.9 Å². The Labute approximate surface area is 125 Å². The van der Waals surface area contributed by atoms with Crippen LogP contribution in [0.1, 0.15) is 22.4 Å². The van der Waals surface area contributed by atoms with Crippen molar-refractivity contribution < 1.29 is 0 Å². The molecule has 3 aromatic rings. The van der Waals surface area contributed by atoms with Gasteiger partial charge in [-0.1, -0.05) is 12.1 Å². The highest BCUT2D eigenvalue weighted by atomic mass is 15.1. The normalized spacial score (nSPS) is 11.4. The van der Waals surface area contributed by atoms with Crippen molar-refractivity contribution in [1.29, 1.82) is 0 Å². The summed E-state index contributed by atoms with van der Waals surface area (Å²) < 4.78 is 0. The second kappa shape index (κ2) is 5.70. The number of rotatable bonds is 4. The molecule has 0 aliphatic carbocycles. The van der Waals surface area contributed by atoms with Crippen LogP contribution in [0.2, 0.25) is 0 Å². The summed E-state index contributed by atoms with van der Waals surface area (Å²) in [7, 11) is 2.14. The van der Waals surface area contributed by atoms with Crippen LogP contribution in [-0.4, -0.2) is 21.9 Å². The Kier molecular flexibility index (Phi) is 3.76. The lowest BCUT2D eigenvalue weighted by Crippen LogP contribution is -2.17. The molecular formula is C18H21N3. The van der Waals surface area contributed by atoms with Crippen molar-refractivity contribution in [3.63, 3.8) is 0 Å². The number of fused-ring (bicyclic) bond motifs is 1. The second-order valence-corrected chi connectivity index (χ2v) is 5.80. The fourth-order valence-electron chi connectivity index (χ4n) is 2.75. The van der Waals surface area contributed by atoms with Gasteiger partial charge in [-0.05, 0) is 55.8 Å². The topological polar surface area (TPSA) is 31.9 Å². The lowest BCUT2D eigenvalue weighted by molar-refractivity contribution is 0.315. The van der Waals surface area contributed by atoms with Crippen molar-refractivity contribution in [3.8, 4) is 0 Å². The predicted molar refractivity (Wildman–Crippen MR) is 87.2 cm³/mol. The van der Waals surface area contributed by atoms with Crippen LogP contribution in [-0.2, 0) is 13.1 Å². The number of aromatic amines is 1. The summed E-state index contributed by atoms with van der Waals surface area (Å²) in [6.45, 7) is 6.16. The fourth-order valence-corrected chi connectivity index (χ4v) is 2.75. The Bertz CT molecular complexity index is 744. The molecule has 0 aliphatic rings. The standard InChI is InChI=1S/C18H21N3/c1-13-6-7-18-17(14(13)2)9-16(20-18)12-21(3)11-15-5-4-8-19-10-15/h4-10,20H,11-12H2,1-3H3. The van der Waals surface area contributed by atoms with Crippen LogP contribution >= 0.6 is 0 Å². The van der Waals surface area contributed by atoms with E-state index in [4.69, 9.17) is 0 Å². The average Bonchev–Trinajstić information content (AvgIpc) is 2.87. The van der Waals surface area contributed by atoms with Crippen molar-refractivity contribution in [2.75, 3.05) is 7.05 Å². The Balaban J connectivity index is 1.77. The van der Waals surface area contributed by atoms with Crippen molar-refractivity contribution in [3.05, 3.63) is 65.1 Å². The lowest BCUT2D eigenvalue weighted by Gasteiger charge is -2.15. The first kappa shape index (κ1) is 13.8. The van der Waals surface area contributed by atoms with Gasteiger partial charge in [0, 0.05) is 42.1 Å². The number of pyridine rings is 1. The van der Waals surface area contributed by atoms with Crippen LogP contribution in [0, 0.1) is 13.8 Å². The molecule has 0 saturated heterocycles. The van der Waals surface area contributed by atoms with E-state index in [1.54, 1.807) is 0 Å². The van der Waals surface area contributed by atoms with E-state index in [9.17, 15) is 0 Å².